The number of rotatable bonds is 18. The van der Waals surface area contributed by atoms with Crippen molar-refractivity contribution in [2.75, 3.05) is 32.8 Å². The molecule has 0 atom stereocenters. The monoisotopic (exact) mass is 326 g/mol. The maximum atomic E-state index is 2.74. The number of hydrogen-bond acceptors (Lipinski definition) is 2. The quantitative estimate of drug-likeness (QED) is 0.215. The first-order chi connectivity index (χ1) is 11.3. The molecular weight excluding hydrogens is 280 g/mol. The van der Waals surface area contributed by atoms with Gasteiger partial charge in [0.1, 0.15) is 0 Å². The minimum Gasteiger partial charge on any atom is -0.290 e. The van der Waals surface area contributed by atoms with Crippen molar-refractivity contribution in [1.82, 2.24) is 9.80 Å². The Labute approximate surface area is 148 Å². The zero-order valence-corrected chi connectivity index (χ0v) is 16.9. The Balaban J connectivity index is 4.31. The molecule has 0 radical (unpaired) electrons. The van der Waals surface area contributed by atoms with E-state index in [1.807, 2.05) is 0 Å². The molecule has 0 aliphatic rings. The molecule has 23 heavy (non-hydrogen) atoms. The molecule has 2 nitrogen and oxygen atoms in total. The number of nitrogens with zero attached hydrogens (tertiary/aromatic N) is 2. The van der Waals surface area contributed by atoms with Crippen LogP contribution in [-0.2, 0) is 0 Å². The molecule has 0 aromatic heterocycles. The Morgan fingerprint density at radius 3 is 0.870 bits per heavy atom. The van der Waals surface area contributed by atoms with Gasteiger partial charge >= 0.3 is 0 Å². The van der Waals surface area contributed by atoms with Crippen LogP contribution in [0.1, 0.15) is 105 Å². The third-order valence-corrected chi connectivity index (χ3v) is 4.71. The lowest BCUT2D eigenvalue weighted by molar-refractivity contribution is 0.123. The summed E-state index contributed by atoms with van der Waals surface area (Å²) in [4.78, 5) is 5.48. The smallest absolute Gasteiger partial charge is 0.0506 e. The van der Waals surface area contributed by atoms with Gasteiger partial charge in [-0.15, -0.1) is 0 Å². The molecule has 0 aliphatic heterocycles. The summed E-state index contributed by atoms with van der Waals surface area (Å²) in [5.41, 5.74) is 0. The molecule has 140 valence electrons. The Morgan fingerprint density at radius 2 is 0.652 bits per heavy atom. The first-order valence-corrected chi connectivity index (χ1v) is 10.7. The fourth-order valence-corrected chi connectivity index (χ4v) is 3.13. The summed E-state index contributed by atoms with van der Waals surface area (Å²) in [6.07, 6.45) is 16.4. The topological polar surface area (TPSA) is 6.48 Å². The first-order valence-electron chi connectivity index (χ1n) is 10.7. The van der Waals surface area contributed by atoms with Crippen molar-refractivity contribution in [2.45, 2.75) is 105 Å². The van der Waals surface area contributed by atoms with Crippen LogP contribution in [0.4, 0.5) is 0 Å². The van der Waals surface area contributed by atoms with Gasteiger partial charge in [-0.05, 0) is 51.9 Å². The van der Waals surface area contributed by atoms with Gasteiger partial charge in [0.2, 0.25) is 0 Å². The van der Waals surface area contributed by atoms with Crippen molar-refractivity contribution < 1.29 is 0 Å². The van der Waals surface area contributed by atoms with E-state index in [1.54, 1.807) is 0 Å². The standard InChI is InChI=1S/C21H46N2/c1-5-9-13-17-22(18-14-10-6-2)21-23(19-15-11-7-3)20-16-12-8-4/h5-21H2,1-4H3. The Morgan fingerprint density at radius 1 is 0.391 bits per heavy atom. The molecule has 0 aromatic rings. The molecule has 2 heteroatoms. The minimum absolute atomic E-state index is 1.21. The lowest BCUT2D eigenvalue weighted by atomic mass is 10.2. The lowest BCUT2D eigenvalue weighted by Gasteiger charge is -2.31. The van der Waals surface area contributed by atoms with E-state index in [1.165, 1.54) is 110 Å². The normalized spacial score (nSPS) is 11.7. The first kappa shape index (κ1) is 22.9. The largest absolute Gasteiger partial charge is 0.290 e. The molecule has 0 spiro atoms. The number of unbranched alkanes of at least 4 members (excludes halogenated alkanes) is 8. The molecule has 0 aromatic carbocycles. The molecule has 0 amide bonds. The van der Waals surface area contributed by atoms with Crippen LogP contribution in [0, 0.1) is 0 Å². The summed E-state index contributed by atoms with van der Waals surface area (Å²) in [5, 5.41) is 0. The second-order valence-corrected chi connectivity index (χ2v) is 7.21. The Bertz CT molecular complexity index is 176. The highest BCUT2D eigenvalue weighted by molar-refractivity contribution is 4.63. The van der Waals surface area contributed by atoms with Crippen molar-refractivity contribution in [1.29, 1.82) is 0 Å². The summed E-state index contributed by atoms with van der Waals surface area (Å²) in [6.45, 7) is 15.6. The Hall–Kier alpha value is -0.0800. The average molecular weight is 327 g/mol. The molecule has 0 rings (SSSR count). The average Bonchev–Trinajstić information content (AvgIpc) is 2.55. The third-order valence-electron chi connectivity index (χ3n) is 4.71. The van der Waals surface area contributed by atoms with E-state index in [0.717, 1.165) is 0 Å². The summed E-state index contributed by atoms with van der Waals surface area (Å²) in [5.74, 6) is 0. The van der Waals surface area contributed by atoms with Gasteiger partial charge in [0.05, 0.1) is 6.67 Å². The van der Waals surface area contributed by atoms with Gasteiger partial charge in [-0.25, -0.2) is 0 Å². The second-order valence-electron chi connectivity index (χ2n) is 7.21. The highest BCUT2D eigenvalue weighted by Gasteiger charge is 2.11. The van der Waals surface area contributed by atoms with E-state index in [2.05, 4.69) is 37.5 Å². The van der Waals surface area contributed by atoms with Crippen LogP contribution in [0.15, 0.2) is 0 Å². The van der Waals surface area contributed by atoms with Gasteiger partial charge < -0.3 is 0 Å². The zero-order valence-electron chi connectivity index (χ0n) is 16.9. The molecule has 0 saturated heterocycles. The van der Waals surface area contributed by atoms with Crippen LogP contribution in [0.3, 0.4) is 0 Å². The SMILES string of the molecule is CCCCCN(CCCCC)CN(CCCCC)CCCCC. The molecule has 0 N–H and O–H groups in total. The van der Waals surface area contributed by atoms with Gasteiger partial charge in [0.25, 0.3) is 0 Å². The fourth-order valence-electron chi connectivity index (χ4n) is 3.13. The van der Waals surface area contributed by atoms with Crippen LogP contribution in [-0.4, -0.2) is 42.6 Å². The summed E-state index contributed by atoms with van der Waals surface area (Å²) in [7, 11) is 0. The highest BCUT2D eigenvalue weighted by atomic mass is 15.3. The molecule has 0 bridgehead atoms. The van der Waals surface area contributed by atoms with Crippen LogP contribution < -0.4 is 0 Å². The second kappa shape index (κ2) is 18.3. The zero-order chi connectivity index (χ0) is 17.2. The van der Waals surface area contributed by atoms with E-state index in [0.29, 0.717) is 0 Å². The summed E-state index contributed by atoms with van der Waals surface area (Å²) in [6, 6.07) is 0. The van der Waals surface area contributed by atoms with Gasteiger partial charge in [0, 0.05) is 0 Å². The van der Waals surface area contributed by atoms with Crippen LogP contribution in [0.5, 0.6) is 0 Å². The van der Waals surface area contributed by atoms with Gasteiger partial charge in [0.15, 0.2) is 0 Å². The molecule has 0 heterocycles. The van der Waals surface area contributed by atoms with Gasteiger partial charge in [-0.1, -0.05) is 79.1 Å². The Kier molecular flexibility index (Phi) is 18.2. The van der Waals surface area contributed by atoms with Crippen molar-refractivity contribution in [3.05, 3.63) is 0 Å². The minimum atomic E-state index is 1.21. The predicted molar refractivity (Wildman–Crippen MR) is 106 cm³/mol. The molecule has 0 saturated carbocycles. The molecule has 0 fully saturated rings. The van der Waals surface area contributed by atoms with Crippen LogP contribution in [0.2, 0.25) is 0 Å². The van der Waals surface area contributed by atoms with Crippen molar-refractivity contribution >= 4 is 0 Å². The molecule has 0 unspecified atom stereocenters. The fraction of sp³-hybridized carbons (Fsp3) is 1.00. The maximum absolute atomic E-state index is 2.74. The third kappa shape index (κ3) is 15.2. The molecule has 0 aliphatic carbocycles. The van der Waals surface area contributed by atoms with Crippen LogP contribution >= 0.6 is 0 Å². The van der Waals surface area contributed by atoms with E-state index in [9.17, 15) is 0 Å². The summed E-state index contributed by atoms with van der Waals surface area (Å²) < 4.78 is 0. The number of hydrogen-bond donors (Lipinski definition) is 0. The van der Waals surface area contributed by atoms with Crippen molar-refractivity contribution in [3.63, 3.8) is 0 Å². The highest BCUT2D eigenvalue weighted by Crippen LogP contribution is 2.08. The van der Waals surface area contributed by atoms with E-state index in [-0.39, 0.29) is 0 Å². The summed E-state index contributed by atoms with van der Waals surface area (Å²) >= 11 is 0. The molecular formula is C21H46N2. The van der Waals surface area contributed by atoms with E-state index in [4.69, 9.17) is 0 Å². The van der Waals surface area contributed by atoms with Gasteiger partial charge in [-0.2, -0.15) is 0 Å². The predicted octanol–water partition coefficient (Wildman–Crippen LogP) is 6.31. The van der Waals surface area contributed by atoms with E-state index < -0.39 is 0 Å². The van der Waals surface area contributed by atoms with Gasteiger partial charge in [-0.3, -0.25) is 9.80 Å². The lowest BCUT2D eigenvalue weighted by Crippen LogP contribution is -2.40. The van der Waals surface area contributed by atoms with Crippen molar-refractivity contribution in [2.24, 2.45) is 0 Å². The van der Waals surface area contributed by atoms with Crippen LogP contribution in [0.25, 0.3) is 0 Å². The maximum Gasteiger partial charge on any atom is 0.0506 e. The van der Waals surface area contributed by atoms with E-state index >= 15 is 0 Å². The van der Waals surface area contributed by atoms with Crippen molar-refractivity contribution in [3.8, 4) is 0 Å².